The summed E-state index contributed by atoms with van der Waals surface area (Å²) in [6.45, 7) is 3.63. The number of hydrogen-bond acceptors (Lipinski definition) is 4. The normalized spacial score (nSPS) is 13.1. The van der Waals surface area contributed by atoms with Gasteiger partial charge in [0.25, 0.3) is 0 Å². The van der Waals surface area contributed by atoms with Crippen LogP contribution in [0.25, 0.3) is 11.1 Å². The minimum absolute atomic E-state index is 0.0956. The molecule has 0 spiro atoms. The van der Waals surface area contributed by atoms with Crippen molar-refractivity contribution < 1.29 is 14.3 Å². The van der Waals surface area contributed by atoms with Gasteiger partial charge in [-0.3, -0.25) is 4.79 Å². The predicted octanol–water partition coefficient (Wildman–Crippen LogP) is 2.23. The van der Waals surface area contributed by atoms with Crippen molar-refractivity contribution in [3.63, 3.8) is 0 Å². The highest BCUT2D eigenvalue weighted by Crippen LogP contribution is 2.29. The molecule has 0 amide bonds. The van der Waals surface area contributed by atoms with Crippen LogP contribution >= 0.6 is 0 Å². The van der Waals surface area contributed by atoms with E-state index in [1.54, 1.807) is 18.2 Å². The van der Waals surface area contributed by atoms with Gasteiger partial charge >= 0.3 is 5.97 Å². The highest BCUT2D eigenvalue weighted by molar-refractivity contribution is 5.85. The van der Waals surface area contributed by atoms with Gasteiger partial charge in [-0.15, -0.1) is 0 Å². The van der Waals surface area contributed by atoms with Crippen molar-refractivity contribution in [3.8, 4) is 0 Å². The van der Waals surface area contributed by atoms with E-state index < -0.39 is 11.9 Å². The van der Waals surface area contributed by atoms with E-state index in [1.807, 2.05) is 13.8 Å². The molecule has 0 aliphatic heterocycles. The molecule has 5 heteroatoms. The van der Waals surface area contributed by atoms with E-state index in [0.717, 1.165) is 0 Å². The Morgan fingerprint density at radius 2 is 2.18 bits per heavy atom. The quantitative estimate of drug-likeness (QED) is 0.795. The van der Waals surface area contributed by atoms with Crippen LogP contribution in [0.4, 0.5) is 5.69 Å². The van der Waals surface area contributed by atoms with E-state index in [0.29, 0.717) is 16.8 Å². The molecule has 5 nitrogen and oxygen atoms in total. The summed E-state index contributed by atoms with van der Waals surface area (Å²) in [6, 6.07) is 5.20. The first-order valence-corrected chi connectivity index (χ1v) is 5.38. The predicted molar refractivity (Wildman–Crippen MR) is 63.6 cm³/mol. The lowest BCUT2D eigenvalue weighted by molar-refractivity contribution is -0.140. The van der Waals surface area contributed by atoms with Crippen molar-refractivity contribution in [3.05, 3.63) is 24.1 Å². The van der Waals surface area contributed by atoms with Crippen LogP contribution in [0.5, 0.6) is 0 Å². The van der Waals surface area contributed by atoms with Crippen molar-refractivity contribution in [2.75, 3.05) is 5.73 Å². The number of carboxylic acids is 1. The fraction of sp³-hybridized carbons (Fsp3) is 0.333. The van der Waals surface area contributed by atoms with Gasteiger partial charge in [0.05, 0.1) is 5.69 Å². The highest BCUT2D eigenvalue weighted by atomic mass is 16.4. The number of aromatic nitrogens is 1. The molecule has 0 saturated carbocycles. The Balaban J connectivity index is 2.55. The summed E-state index contributed by atoms with van der Waals surface area (Å²) in [5.41, 5.74) is 7.25. The third-order valence-electron chi connectivity index (χ3n) is 2.66. The maximum Gasteiger partial charge on any atom is 0.316 e. The molecular weight excluding hydrogens is 220 g/mol. The van der Waals surface area contributed by atoms with E-state index >= 15 is 0 Å². The fourth-order valence-electron chi connectivity index (χ4n) is 1.80. The van der Waals surface area contributed by atoms with Crippen LogP contribution in [-0.4, -0.2) is 16.1 Å². The lowest BCUT2D eigenvalue weighted by Gasteiger charge is -2.11. The molecule has 0 fully saturated rings. The van der Waals surface area contributed by atoms with Gasteiger partial charge in [-0.05, 0) is 18.1 Å². The SMILES string of the molecule is CC(C)C(C(=O)O)c1nc2cccc(N)c2o1. The molecule has 0 radical (unpaired) electrons. The van der Waals surface area contributed by atoms with E-state index in [-0.39, 0.29) is 11.8 Å². The summed E-state index contributed by atoms with van der Waals surface area (Å²) in [4.78, 5) is 15.4. The average molecular weight is 234 g/mol. The topological polar surface area (TPSA) is 89.3 Å². The Hall–Kier alpha value is -2.04. The Bertz CT molecular complexity index is 560. The van der Waals surface area contributed by atoms with E-state index in [2.05, 4.69) is 4.98 Å². The van der Waals surface area contributed by atoms with Crippen LogP contribution < -0.4 is 5.73 Å². The van der Waals surface area contributed by atoms with E-state index in [4.69, 9.17) is 15.3 Å². The molecule has 1 unspecified atom stereocenters. The molecule has 0 aliphatic rings. The summed E-state index contributed by atoms with van der Waals surface area (Å²) in [5, 5.41) is 9.16. The largest absolute Gasteiger partial charge is 0.481 e. The summed E-state index contributed by atoms with van der Waals surface area (Å²) in [6.07, 6.45) is 0. The first-order chi connectivity index (χ1) is 8.00. The number of fused-ring (bicyclic) bond motifs is 1. The Kier molecular flexibility index (Phi) is 2.75. The summed E-state index contributed by atoms with van der Waals surface area (Å²) in [7, 11) is 0. The maximum atomic E-state index is 11.2. The minimum atomic E-state index is -0.940. The second-order valence-electron chi connectivity index (χ2n) is 4.31. The zero-order valence-electron chi connectivity index (χ0n) is 9.68. The number of rotatable bonds is 3. The number of oxazole rings is 1. The molecule has 1 aromatic heterocycles. The standard InChI is InChI=1S/C12H14N2O3/c1-6(2)9(12(15)16)11-14-8-5-3-4-7(13)10(8)17-11/h3-6,9H,13H2,1-2H3,(H,15,16). The number of nitrogen functional groups attached to an aromatic ring is 1. The number of hydrogen-bond donors (Lipinski definition) is 2. The molecule has 0 aliphatic carbocycles. The highest BCUT2D eigenvalue weighted by Gasteiger charge is 2.29. The third-order valence-corrected chi connectivity index (χ3v) is 2.66. The lowest BCUT2D eigenvalue weighted by Crippen LogP contribution is -2.17. The van der Waals surface area contributed by atoms with E-state index in [9.17, 15) is 4.79 Å². The number of para-hydroxylation sites is 1. The van der Waals surface area contributed by atoms with Gasteiger partial charge in [0.1, 0.15) is 11.4 Å². The van der Waals surface area contributed by atoms with Gasteiger partial charge in [0, 0.05) is 0 Å². The second kappa shape index (κ2) is 4.08. The van der Waals surface area contributed by atoms with Gasteiger partial charge < -0.3 is 15.3 Å². The molecule has 2 aromatic rings. The summed E-state index contributed by atoms with van der Waals surface area (Å²) < 4.78 is 5.47. The Morgan fingerprint density at radius 1 is 1.47 bits per heavy atom. The second-order valence-corrected chi connectivity index (χ2v) is 4.31. The van der Waals surface area contributed by atoms with Gasteiger partial charge in [-0.1, -0.05) is 19.9 Å². The van der Waals surface area contributed by atoms with Crippen molar-refractivity contribution >= 4 is 22.8 Å². The zero-order valence-corrected chi connectivity index (χ0v) is 9.68. The number of anilines is 1. The maximum absolute atomic E-state index is 11.2. The van der Waals surface area contributed by atoms with Crippen molar-refractivity contribution in [1.82, 2.24) is 4.98 Å². The molecule has 1 heterocycles. The van der Waals surface area contributed by atoms with Crippen molar-refractivity contribution in [1.29, 1.82) is 0 Å². The lowest BCUT2D eigenvalue weighted by atomic mass is 9.96. The van der Waals surface area contributed by atoms with Crippen LogP contribution in [0.1, 0.15) is 25.7 Å². The molecule has 90 valence electrons. The third kappa shape index (κ3) is 1.95. The number of benzene rings is 1. The number of carbonyl (C=O) groups is 1. The fourth-order valence-corrected chi connectivity index (χ4v) is 1.80. The molecule has 0 bridgehead atoms. The number of nitrogens with two attached hydrogens (primary N) is 1. The Labute approximate surface area is 98.2 Å². The molecule has 1 atom stereocenters. The first kappa shape index (κ1) is 11.4. The molecular formula is C12H14N2O3. The molecule has 2 rings (SSSR count). The summed E-state index contributed by atoms with van der Waals surface area (Å²) in [5.74, 6) is -1.57. The molecule has 17 heavy (non-hydrogen) atoms. The van der Waals surface area contributed by atoms with Crippen molar-refractivity contribution in [2.45, 2.75) is 19.8 Å². The monoisotopic (exact) mass is 234 g/mol. The summed E-state index contributed by atoms with van der Waals surface area (Å²) >= 11 is 0. The van der Waals surface area contributed by atoms with Crippen LogP contribution in [0.15, 0.2) is 22.6 Å². The molecule has 0 saturated heterocycles. The van der Waals surface area contributed by atoms with E-state index in [1.165, 1.54) is 0 Å². The smallest absolute Gasteiger partial charge is 0.316 e. The molecule has 1 aromatic carbocycles. The van der Waals surface area contributed by atoms with Gasteiger partial charge in [-0.25, -0.2) is 4.98 Å². The first-order valence-electron chi connectivity index (χ1n) is 5.38. The van der Waals surface area contributed by atoms with Crippen LogP contribution in [0, 0.1) is 5.92 Å². The zero-order chi connectivity index (χ0) is 12.6. The number of aliphatic carboxylic acids is 1. The van der Waals surface area contributed by atoms with Gasteiger partial charge in [0.15, 0.2) is 5.58 Å². The van der Waals surface area contributed by atoms with Crippen LogP contribution in [-0.2, 0) is 4.79 Å². The van der Waals surface area contributed by atoms with Crippen molar-refractivity contribution in [2.24, 2.45) is 5.92 Å². The average Bonchev–Trinajstić information content (AvgIpc) is 2.61. The minimum Gasteiger partial charge on any atom is -0.481 e. The molecule has 3 N–H and O–H groups in total. The van der Waals surface area contributed by atoms with Crippen LogP contribution in [0.3, 0.4) is 0 Å². The number of carboxylic acid groups (broad SMARTS) is 1. The van der Waals surface area contributed by atoms with Gasteiger partial charge in [-0.2, -0.15) is 0 Å². The van der Waals surface area contributed by atoms with Gasteiger partial charge in [0.2, 0.25) is 5.89 Å². The number of nitrogens with zero attached hydrogens (tertiary/aromatic N) is 1. The van der Waals surface area contributed by atoms with Crippen LogP contribution in [0.2, 0.25) is 0 Å². The Morgan fingerprint density at radius 3 is 2.71 bits per heavy atom.